The zero-order valence-corrected chi connectivity index (χ0v) is 14.1. The van der Waals surface area contributed by atoms with Gasteiger partial charge in [0.1, 0.15) is 0 Å². The third kappa shape index (κ3) is 2.81. The quantitative estimate of drug-likeness (QED) is 0.836. The molecule has 7 heteroatoms. The molecule has 4 rings (SSSR count). The third-order valence-corrected chi connectivity index (χ3v) is 6.88. The highest BCUT2D eigenvalue weighted by atomic mass is 32.2. The molecule has 126 valence electrons. The number of rotatable bonds is 4. The Hall–Kier alpha value is -1.31. The second-order valence-corrected chi connectivity index (χ2v) is 8.46. The van der Waals surface area contributed by atoms with Crippen molar-refractivity contribution in [2.75, 3.05) is 26.9 Å². The average molecular weight is 338 g/mol. The lowest BCUT2D eigenvalue weighted by Gasteiger charge is -2.36. The summed E-state index contributed by atoms with van der Waals surface area (Å²) in [5.74, 6) is 1.13. The molecular formula is C16H22N2O4S. The van der Waals surface area contributed by atoms with Gasteiger partial charge in [-0.2, -0.15) is 4.31 Å². The Bertz CT molecular complexity index is 694. The first-order valence-corrected chi connectivity index (χ1v) is 9.61. The molecule has 0 aromatic heterocycles. The third-order valence-electron chi connectivity index (χ3n) is 4.87. The first-order chi connectivity index (χ1) is 11.1. The molecule has 1 aromatic rings. The Balaban J connectivity index is 1.64. The van der Waals surface area contributed by atoms with Gasteiger partial charge in [0.15, 0.2) is 11.5 Å². The van der Waals surface area contributed by atoms with E-state index in [2.05, 4.69) is 11.9 Å². The van der Waals surface area contributed by atoms with Crippen LogP contribution in [-0.2, 0) is 10.0 Å². The van der Waals surface area contributed by atoms with Crippen molar-refractivity contribution < 1.29 is 17.9 Å². The van der Waals surface area contributed by atoms with Crippen LogP contribution in [0.1, 0.15) is 25.7 Å². The number of nitrogens with zero attached hydrogens (tertiary/aromatic N) is 2. The highest BCUT2D eigenvalue weighted by molar-refractivity contribution is 7.89. The van der Waals surface area contributed by atoms with Crippen molar-refractivity contribution in [2.45, 2.75) is 42.7 Å². The van der Waals surface area contributed by atoms with Gasteiger partial charge in [-0.05, 0) is 58.0 Å². The lowest BCUT2D eigenvalue weighted by atomic mass is 10.1. The highest BCUT2D eigenvalue weighted by Crippen LogP contribution is 2.39. The molecule has 0 spiro atoms. The van der Waals surface area contributed by atoms with Crippen LogP contribution >= 0.6 is 0 Å². The number of sulfonamides is 1. The van der Waals surface area contributed by atoms with Gasteiger partial charge in [-0.15, -0.1) is 0 Å². The lowest BCUT2D eigenvalue weighted by molar-refractivity contribution is 0.173. The Morgan fingerprint density at radius 2 is 1.70 bits per heavy atom. The van der Waals surface area contributed by atoms with Crippen LogP contribution < -0.4 is 9.47 Å². The van der Waals surface area contributed by atoms with Gasteiger partial charge in [0.05, 0.1) is 4.90 Å². The minimum absolute atomic E-state index is 0.106. The molecule has 0 amide bonds. The maximum Gasteiger partial charge on any atom is 0.243 e. The van der Waals surface area contributed by atoms with Gasteiger partial charge in [0.25, 0.3) is 0 Å². The van der Waals surface area contributed by atoms with Crippen molar-refractivity contribution in [3.63, 3.8) is 0 Å². The minimum atomic E-state index is -3.50. The minimum Gasteiger partial charge on any atom is -0.454 e. The Labute approximate surface area is 137 Å². The zero-order chi connectivity index (χ0) is 16.0. The molecule has 23 heavy (non-hydrogen) atoms. The number of hydrogen-bond donors (Lipinski definition) is 0. The summed E-state index contributed by atoms with van der Waals surface area (Å²) in [5, 5.41) is 0. The predicted molar refractivity (Wildman–Crippen MR) is 85.1 cm³/mol. The fraction of sp³-hybridized carbons (Fsp3) is 0.625. The molecule has 1 aromatic carbocycles. The average Bonchev–Trinajstić information content (AvgIpc) is 3.24. The number of likely N-dealkylation sites (tertiary alicyclic amines) is 1. The molecule has 1 aliphatic carbocycles. The summed E-state index contributed by atoms with van der Waals surface area (Å²) < 4.78 is 38.8. The summed E-state index contributed by atoms with van der Waals surface area (Å²) >= 11 is 0. The topological polar surface area (TPSA) is 59.1 Å². The van der Waals surface area contributed by atoms with E-state index in [1.807, 2.05) is 0 Å². The van der Waals surface area contributed by atoms with Gasteiger partial charge in [-0.25, -0.2) is 8.42 Å². The SMILES string of the molecule is CN1CCC(N(C2CC2)S(=O)(=O)c2ccc3c(c2)OCO3)CC1. The summed E-state index contributed by atoms with van der Waals surface area (Å²) in [6.07, 6.45) is 3.74. The van der Waals surface area contributed by atoms with E-state index in [4.69, 9.17) is 9.47 Å². The molecule has 0 bridgehead atoms. The standard InChI is InChI=1S/C16H22N2O4S/c1-17-8-6-13(7-9-17)18(12-2-3-12)23(19,20)14-4-5-15-16(10-14)22-11-21-15/h4-5,10,12-13H,2-3,6-9,11H2,1H3. The Morgan fingerprint density at radius 1 is 1.04 bits per heavy atom. The first-order valence-electron chi connectivity index (χ1n) is 8.17. The van der Waals surface area contributed by atoms with Crippen LogP contribution in [-0.4, -0.2) is 56.6 Å². The number of hydrogen-bond acceptors (Lipinski definition) is 5. The van der Waals surface area contributed by atoms with Crippen molar-refractivity contribution >= 4 is 10.0 Å². The van der Waals surface area contributed by atoms with Crippen LogP contribution in [0.2, 0.25) is 0 Å². The molecule has 0 atom stereocenters. The van der Waals surface area contributed by atoms with Crippen molar-refractivity contribution in [1.82, 2.24) is 9.21 Å². The Kier molecular flexibility index (Phi) is 3.74. The monoisotopic (exact) mass is 338 g/mol. The highest BCUT2D eigenvalue weighted by Gasteiger charge is 2.43. The molecule has 1 saturated heterocycles. The van der Waals surface area contributed by atoms with Gasteiger partial charge in [0.2, 0.25) is 16.8 Å². The predicted octanol–water partition coefficient (Wildman–Crippen LogP) is 1.66. The van der Waals surface area contributed by atoms with E-state index in [1.54, 1.807) is 22.5 Å². The molecule has 3 aliphatic rings. The number of fused-ring (bicyclic) bond motifs is 1. The van der Waals surface area contributed by atoms with Crippen molar-refractivity contribution in [3.8, 4) is 11.5 Å². The van der Waals surface area contributed by atoms with E-state index in [-0.39, 0.29) is 18.9 Å². The van der Waals surface area contributed by atoms with E-state index in [9.17, 15) is 8.42 Å². The second kappa shape index (κ2) is 5.65. The van der Waals surface area contributed by atoms with Crippen LogP contribution in [0.15, 0.2) is 23.1 Å². The van der Waals surface area contributed by atoms with Crippen molar-refractivity contribution in [1.29, 1.82) is 0 Å². The van der Waals surface area contributed by atoms with Crippen LogP contribution in [0.5, 0.6) is 11.5 Å². The van der Waals surface area contributed by atoms with Crippen LogP contribution in [0, 0.1) is 0 Å². The van der Waals surface area contributed by atoms with Gasteiger partial charge in [-0.3, -0.25) is 0 Å². The fourth-order valence-corrected chi connectivity index (χ4v) is 5.37. The molecule has 2 fully saturated rings. The van der Waals surface area contributed by atoms with Crippen LogP contribution in [0.25, 0.3) is 0 Å². The fourth-order valence-electron chi connectivity index (χ4n) is 3.43. The summed E-state index contributed by atoms with van der Waals surface area (Å²) in [5.41, 5.74) is 0. The largest absolute Gasteiger partial charge is 0.454 e. The van der Waals surface area contributed by atoms with Gasteiger partial charge in [-0.1, -0.05) is 0 Å². The van der Waals surface area contributed by atoms with Gasteiger partial charge in [0, 0.05) is 18.2 Å². The Morgan fingerprint density at radius 3 is 2.39 bits per heavy atom. The smallest absolute Gasteiger partial charge is 0.243 e. The maximum absolute atomic E-state index is 13.2. The van der Waals surface area contributed by atoms with E-state index < -0.39 is 10.0 Å². The van der Waals surface area contributed by atoms with E-state index in [0.29, 0.717) is 16.4 Å². The molecule has 0 radical (unpaired) electrons. The lowest BCUT2D eigenvalue weighted by Crippen LogP contribution is -2.47. The summed E-state index contributed by atoms with van der Waals surface area (Å²) in [4.78, 5) is 2.57. The zero-order valence-electron chi connectivity index (χ0n) is 13.3. The van der Waals surface area contributed by atoms with Crippen molar-refractivity contribution in [2.24, 2.45) is 0 Å². The molecule has 0 N–H and O–H groups in total. The molecule has 2 heterocycles. The number of benzene rings is 1. The van der Waals surface area contributed by atoms with Crippen LogP contribution in [0.3, 0.4) is 0 Å². The van der Waals surface area contributed by atoms with E-state index >= 15 is 0 Å². The maximum atomic E-state index is 13.2. The van der Waals surface area contributed by atoms with Crippen LogP contribution in [0.4, 0.5) is 0 Å². The first kappa shape index (κ1) is 15.2. The molecule has 2 aliphatic heterocycles. The molecular weight excluding hydrogens is 316 g/mol. The molecule has 6 nitrogen and oxygen atoms in total. The van der Waals surface area contributed by atoms with E-state index in [0.717, 1.165) is 38.8 Å². The number of ether oxygens (including phenoxy) is 2. The summed E-state index contributed by atoms with van der Waals surface area (Å²) in [6.45, 7) is 2.05. The second-order valence-electron chi connectivity index (χ2n) is 6.62. The normalized spacial score (nSPS) is 22.7. The molecule has 0 unspecified atom stereocenters. The van der Waals surface area contributed by atoms with Gasteiger partial charge >= 0.3 is 0 Å². The van der Waals surface area contributed by atoms with Gasteiger partial charge < -0.3 is 14.4 Å². The van der Waals surface area contributed by atoms with Crippen molar-refractivity contribution in [3.05, 3.63) is 18.2 Å². The van der Waals surface area contributed by atoms with E-state index in [1.165, 1.54) is 0 Å². The number of piperidine rings is 1. The molecule has 1 saturated carbocycles. The summed E-state index contributed by atoms with van der Waals surface area (Å²) in [6, 6.07) is 5.19. The summed E-state index contributed by atoms with van der Waals surface area (Å²) in [7, 11) is -1.41.